The lowest BCUT2D eigenvalue weighted by Gasteiger charge is -2.16. The predicted octanol–water partition coefficient (Wildman–Crippen LogP) is 3.25. The minimum absolute atomic E-state index is 0.0585. The molecule has 6 nitrogen and oxygen atoms in total. The third-order valence-corrected chi connectivity index (χ3v) is 4.29. The Balaban J connectivity index is 1.76. The molecule has 3 aromatic rings. The summed E-state index contributed by atoms with van der Waals surface area (Å²) in [5.41, 5.74) is 3.00. The Morgan fingerprint density at radius 2 is 1.96 bits per heavy atom. The second kappa shape index (κ2) is 4.67. The fourth-order valence-corrected chi connectivity index (χ4v) is 3.03. The monoisotopic (exact) mass is 307 g/mol. The van der Waals surface area contributed by atoms with Gasteiger partial charge in [-0.25, -0.2) is 0 Å². The largest absolute Gasteiger partial charge is 0.350 e. The average molecular weight is 307 g/mol. The molecule has 0 atom stereocenters. The van der Waals surface area contributed by atoms with Crippen molar-refractivity contribution in [1.29, 1.82) is 0 Å². The van der Waals surface area contributed by atoms with Crippen molar-refractivity contribution in [3.8, 4) is 0 Å². The van der Waals surface area contributed by atoms with E-state index in [9.17, 15) is 14.9 Å². The summed E-state index contributed by atoms with van der Waals surface area (Å²) in [6.45, 7) is 0.433. The molecule has 1 aliphatic rings. The lowest BCUT2D eigenvalue weighted by Crippen LogP contribution is -2.22. The van der Waals surface area contributed by atoms with E-state index in [-0.39, 0.29) is 11.6 Å². The quantitative estimate of drug-likeness (QED) is 0.539. The smallest absolute Gasteiger partial charge is 0.270 e. The second-order valence-corrected chi connectivity index (χ2v) is 5.66. The molecule has 2 aromatic carbocycles. The highest BCUT2D eigenvalue weighted by molar-refractivity contribution is 6.11. The van der Waals surface area contributed by atoms with Crippen molar-refractivity contribution in [3.05, 3.63) is 69.9 Å². The Bertz CT molecular complexity index is 974. The molecular formula is C17H13N3O3. The Labute approximate surface area is 131 Å². The fourth-order valence-electron chi connectivity index (χ4n) is 3.03. The number of rotatable bonds is 2. The van der Waals surface area contributed by atoms with E-state index >= 15 is 0 Å². The first kappa shape index (κ1) is 13.5. The number of hydrogen-bond acceptors (Lipinski definition) is 3. The van der Waals surface area contributed by atoms with Crippen LogP contribution in [-0.4, -0.2) is 15.4 Å². The van der Waals surface area contributed by atoms with Crippen molar-refractivity contribution in [1.82, 2.24) is 4.57 Å². The number of nitrogens with zero attached hydrogens (tertiary/aromatic N) is 3. The van der Waals surface area contributed by atoms with E-state index in [1.165, 1.54) is 12.1 Å². The highest BCUT2D eigenvalue weighted by Crippen LogP contribution is 2.32. The van der Waals surface area contributed by atoms with Crippen LogP contribution in [0, 0.1) is 10.1 Å². The zero-order valence-corrected chi connectivity index (χ0v) is 12.4. The van der Waals surface area contributed by atoms with E-state index in [1.807, 2.05) is 42.1 Å². The molecule has 0 spiro atoms. The van der Waals surface area contributed by atoms with Gasteiger partial charge in [0.1, 0.15) is 0 Å². The number of hydrogen-bond donors (Lipinski definition) is 0. The van der Waals surface area contributed by atoms with Gasteiger partial charge in [0.25, 0.3) is 11.6 Å². The van der Waals surface area contributed by atoms with Crippen LogP contribution in [0.5, 0.6) is 0 Å². The van der Waals surface area contributed by atoms with Gasteiger partial charge in [-0.3, -0.25) is 14.9 Å². The number of non-ortho nitro benzene ring substituents is 1. The third kappa shape index (κ3) is 1.99. The topological polar surface area (TPSA) is 68.4 Å². The number of nitro groups is 1. The van der Waals surface area contributed by atoms with Crippen LogP contribution >= 0.6 is 0 Å². The van der Waals surface area contributed by atoms with E-state index in [0.717, 1.165) is 22.2 Å². The van der Waals surface area contributed by atoms with E-state index in [0.29, 0.717) is 12.1 Å². The summed E-state index contributed by atoms with van der Waals surface area (Å²) in [6, 6.07) is 12.3. The maximum absolute atomic E-state index is 12.6. The van der Waals surface area contributed by atoms with Crippen LogP contribution in [0.25, 0.3) is 10.9 Å². The Morgan fingerprint density at radius 1 is 1.13 bits per heavy atom. The normalized spacial score (nSPS) is 13.6. The standard InChI is InChI=1S/C17H13N3O3/c1-18-7-6-11-2-4-13(9-16(11)18)19-10-12-3-5-14(20(22)23)8-15(12)17(19)21/h2-9H,10H2,1H3. The minimum atomic E-state index is -0.480. The van der Waals surface area contributed by atoms with Gasteiger partial charge in [0.2, 0.25) is 0 Å². The highest BCUT2D eigenvalue weighted by atomic mass is 16.6. The van der Waals surface area contributed by atoms with E-state index in [1.54, 1.807) is 11.0 Å². The van der Waals surface area contributed by atoms with Crippen LogP contribution in [-0.2, 0) is 13.6 Å². The number of carbonyl (C=O) groups is 1. The number of nitro benzene ring substituents is 1. The van der Waals surface area contributed by atoms with Crippen molar-refractivity contribution in [2.75, 3.05) is 4.90 Å². The number of aromatic nitrogens is 1. The molecule has 0 aliphatic carbocycles. The van der Waals surface area contributed by atoms with Gasteiger partial charge >= 0.3 is 0 Å². The zero-order valence-electron chi connectivity index (χ0n) is 12.4. The van der Waals surface area contributed by atoms with Crippen LogP contribution in [0.15, 0.2) is 48.7 Å². The number of aryl methyl sites for hydroxylation is 1. The van der Waals surface area contributed by atoms with Gasteiger partial charge in [0.15, 0.2) is 0 Å². The Kier molecular flexibility index (Phi) is 2.74. The first-order chi connectivity index (χ1) is 11.0. The molecule has 0 bridgehead atoms. The minimum Gasteiger partial charge on any atom is -0.350 e. The summed E-state index contributed by atoms with van der Waals surface area (Å²) < 4.78 is 2.00. The number of anilines is 1. The molecule has 0 unspecified atom stereocenters. The van der Waals surface area contributed by atoms with Gasteiger partial charge in [-0.15, -0.1) is 0 Å². The van der Waals surface area contributed by atoms with Crippen LogP contribution in [0.4, 0.5) is 11.4 Å². The third-order valence-electron chi connectivity index (χ3n) is 4.29. The SMILES string of the molecule is Cn1ccc2ccc(N3Cc4ccc([N+](=O)[O-])cc4C3=O)cc21. The summed E-state index contributed by atoms with van der Waals surface area (Å²) in [5.74, 6) is -0.197. The maximum Gasteiger partial charge on any atom is 0.270 e. The molecule has 6 heteroatoms. The van der Waals surface area contributed by atoms with Gasteiger partial charge < -0.3 is 9.47 Å². The van der Waals surface area contributed by atoms with Gasteiger partial charge in [0.05, 0.1) is 17.0 Å². The van der Waals surface area contributed by atoms with Crippen molar-refractivity contribution < 1.29 is 9.72 Å². The molecule has 1 aliphatic heterocycles. The molecule has 114 valence electrons. The van der Waals surface area contributed by atoms with E-state index in [4.69, 9.17) is 0 Å². The molecule has 0 fully saturated rings. The lowest BCUT2D eigenvalue weighted by molar-refractivity contribution is -0.384. The molecule has 0 saturated heterocycles. The molecule has 0 N–H and O–H groups in total. The van der Waals surface area contributed by atoms with Crippen LogP contribution in [0.2, 0.25) is 0 Å². The van der Waals surface area contributed by atoms with Crippen molar-refractivity contribution in [2.24, 2.45) is 7.05 Å². The van der Waals surface area contributed by atoms with E-state index < -0.39 is 4.92 Å². The Hall–Kier alpha value is -3.15. The van der Waals surface area contributed by atoms with Crippen molar-refractivity contribution in [3.63, 3.8) is 0 Å². The van der Waals surface area contributed by atoms with Crippen LogP contribution in [0.1, 0.15) is 15.9 Å². The van der Waals surface area contributed by atoms with Crippen LogP contribution < -0.4 is 4.90 Å². The summed E-state index contributed by atoms with van der Waals surface area (Å²) in [5, 5.41) is 12.0. The van der Waals surface area contributed by atoms with Gasteiger partial charge in [0, 0.05) is 36.6 Å². The van der Waals surface area contributed by atoms with Crippen molar-refractivity contribution >= 4 is 28.2 Å². The Morgan fingerprint density at radius 3 is 2.74 bits per heavy atom. The van der Waals surface area contributed by atoms with Gasteiger partial charge in [-0.05, 0) is 35.2 Å². The fraction of sp³-hybridized carbons (Fsp3) is 0.118. The molecule has 1 aromatic heterocycles. The number of carbonyl (C=O) groups excluding carboxylic acids is 1. The first-order valence-corrected chi connectivity index (χ1v) is 7.19. The second-order valence-electron chi connectivity index (χ2n) is 5.66. The number of fused-ring (bicyclic) bond motifs is 2. The molecular weight excluding hydrogens is 294 g/mol. The molecule has 2 heterocycles. The maximum atomic E-state index is 12.6. The summed E-state index contributed by atoms with van der Waals surface area (Å²) >= 11 is 0. The van der Waals surface area contributed by atoms with Gasteiger partial charge in [-0.1, -0.05) is 6.07 Å². The summed E-state index contributed by atoms with van der Waals surface area (Å²) in [6.07, 6.45) is 1.97. The molecule has 0 radical (unpaired) electrons. The molecule has 0 saturated carbocycles. The molecule has 23 heavy (non-hydrogen) atoms. The van der Waals surface area contributed by atoms with E-state index in [2.05, 4.69) is 0 Å². The summed E-state index contributed by atoms with van der Waals surface area (Å²) in [4.78, 5) is 24.7. The predicted molar refractivity (Wildman–Crippen MR) is 86.5 cm³/mol. The van der Waals surface area contributed by atoms with Crippen LogP contribution in [0.3, 0.4) is 0 Å². The first-order valence-electron chi connectivity index (χ1n) is 7.19. The highest BCUT2D eigenvalue weighted by Gasteiger charge is 2.30. The molecule has 1 amide bonds. The number of amides is 1. The lowest BCUT2D eigenvalue weighted by atomic mass is 10.1. The van der Waals surface area contributed by atoms with Gasteiger partial charge in [-0.2, -0.15) is 0 Å². The average Bonchev–Trinajstić information content (AvgIpc) is 3.08. The zero-order chi connectivity index (χ0) is 16.1. The van der Waals surface area contributed by atoms with Crippen molar-refractivity contribution in [2.45, 2.75) is 6.54 Å². The molecule has 4 rings (SSSR count). The number of benzene rings is 2. The summed E-state index contributed by atoms with van der Waals surface area (Å²) in [7, 11) is 1.95.